The van der Waals surface area contributed by atoms with Crippen LogP contribution in [0, 0.1) is 22.7 Å². The van der Waals surface area contributed by atoms with E-state index in [2.05, 4.69) is 27.7 Å². The van der Waals surface area contributed by atoms with Crippen LogP contribution in [0.4, 0.5) is 0 Å². The molecule has 0 aromatic heterocycles. The largest absolute Gasteiger partial charge is 0.378 e. The summed E-state index contributed by atoms with van der Waals surface area (Å²) in [5.74, 6) is 1.30. The van der Waals surface area contributed by atoms with Crippen LogP contribution < -0.4 is 0 Å². The van der Waals surface area contributed by atoms with Crippen LogP contribution in [0.25, 0.3) is 0 Å². The molecule has 19 heavy (non-hydrogen) atoms. The van der Waals surface area contributed by atoms with E-state index in [1.54, 1.807) is 0 Å². The summed E-state index contributed by atoms with van der Waals surface area (Å²) in [6.07, 6.45) is 6.34. The molecule has 0 spiro atoms. The van der Waals surface area contributed by atoms with Crippen molar-refractivity contribution in [3.8, 4) is 0 Å². The molecular weight excluding hydrogens is 236 g/mol. The Morgan fingerprint density at radius 1 is 0.789 bits per heavy atom. The first kappa shape index (κ1) is 13.9. The molecule has 0 aromatic rings. The Labute approximate surface area is 118 Å². The summed E-state index contributed by atoms with van der Waals surface area (Å²) in [4.78, 5) is 0. The maximum atomic E-state index is 6.18. The summed E-state index contributed by atoms with van der Waals surface area (Å²) >= 11 is 0. The molecule has 2 heteroatoms. The summed E-state index contributed by atoms with van der Waals surface area (Å²) in [5, 5.41) is 0. The molecule has 3 aliphatic carbocycles. The van der Waals surface area contributed by atoms with E-state index >= 15 is 0 Å². The molecule has 3 saturated carbocycles. The van der Waals surface area contributed by atoms with Gasteiger partial charge in [0.25, 0.3) is 0 Å². The lowest BCUT2D eigenvalue weighted by Gasteiger charge is -2.73. The lowest BCUT2D eigenvalue weighted by Crippen LogP contribution is -2.75. The predicted molar refractivity (Wildman–Crippen MR) is 77.1 cm³/mol. The first-order chi connectivity index (χ1) is 8.77. The van der Waals surface area contributed by atoms with Crippen LogP contribution in [-0.4, -0.2) is 25.4 Å². The average molecular weight is 266 g/mol. The van der Waals surface area contributed by atoms with E-state index in [-0.39, 0.29) is 11.2 Å². The van der Waals surface area contributed by atoms with Crippen molar-refractivity contribution in [2.24, 2.45) is 22.7 Å². The minimum Gasteiger partial charge on any atom is -0.378 e. The van der Waals surface area contributed by atoms with E-state index < -0.39 is 0 Å². The highest BCUT2D eigenvalue weighted by molar-refractivity contribution is 5.28. The maximum Gasteiger partial charge on any atom is 0.0794 e. The number of rotatable bonds is 2. The molecule has 0 amide bonds. The number of hydrogen-bond donors (Lipinski definition) is 0. The number of hydrogen-bond acceptors (Lipinski definition) is 2. The van der Waals surface area contributed by atoms with Gasteiger partial charge in [-0.05, 0) is 43.9 Å². The molecule has 0 unspecified atom stereocenters. The third-order valence-electron chi connectivity index (χ3n) is 7.33. The van der Waals surface area contributed by atoms with Crippen molar-refractivity contribution in [3.05, 3.63) is 0 Å². The van der Waals surface area contributed by atoms with Gasteiger partial charge in [0.05, 0.1) is 11.2 Å². The third kappa shape index (κ3) is 1.35. The van der Waals surface area contributed by atoms with Crippen LogP contribution in [0.15, 0.2) is 0 Å². The SMILES string of the molecule is CO[C@]1(C)CC[C@]2(OC)[C@H]1[C@@H]1C(C)(C)CCC[C@@]12C. The Kier molecular flexibility index (Phi) is 2.75. The Hall–Kier alpha value is -0.0800. The van der Waals surface area contributed by atoms with Gasteiger partial charge in [0, 0.05) is 25.6 Å². The van der Waals surface area contributed by atoms with Gasteiger partial charge in [0.2, 0.25) is 0 Å². The summed E-state index contributed by atoms with van der Waals surface area (Å²) in [6.45, 7) is 9.72. The van der Waals surface area contributed by atoms with Gasteiger partial charge in [-0.2, -0.15) is 0 Å². The molecule has 110 valence electrons. The fraction of sp³-hybridized carbons (Fsp3) is 1.00. The van der Waals surface area contributed by atoms with Gasteiger partial charge in [-0.25, -0.2) is 0 Å². The molecule has 0 heterocycles. The second kappa shape index (κ2) is 3.76. The van der Waals surface area contributed by atoms with Crippen molar-refractivity contribution in [1.82, 2.24) is 0 Å². The van der Waals surface area contributed by atoms with Gasteiger partial charge in [-0.1, -0.05) is 27.2 Å². The van der Waals surface area contributed by atoms with Gasteiger partial charge < -0.3 is 9.47 Å². The van der Waals surface area contributed by atoms with Gasteiger partial charge in [0.1, 0.15) is 0 Å². The lowest BCUT2D eigenvalue weighted by atomic mass is 9.35. The Morgan fingerprint density at radius 2 is 1.47 bits per heavy atom. The zero-order valence-electron chi connectivity index (χ0n) is 13.5. The van der Waals surface area contributed by atoms with Crippen LogP contribution in [0.3, 0.4) is 0 Å². The van der Waals surface area contributed by atoms with Gasteiger partial charge in [0.15, 0.2) is 0 Å². The summed E-state index contributed by atoms with van der Waals surface area (Å²) in [7, 11) is 3.81. The quantitative estimate of drug-likeness (QED) is 0.751. The summed E-state index contributed by atoms with van der Waals surface area (Å²) < 4.78 is 12.1. The Balaban J connectivity index is 2.07. The highest BCUT2D eigenvalue weighted by Crippen LogP contribution is 2.77. The standard InChI is InChI=1S/C17H30O2/c1-14(2)8-7-9-15(3)12(14)13-16(4,18-5)10-11-17(13,15)19-6/h12-13H,7-11H2,1-6H3/t12-,13+,15+,16-,17+/m1/s1. The molecule has 0 saturated heterocycles. The normalized spacial score (nSPS) is 55.3. The molecule has 0 aromatic carbocycles. The monoisotopic (exact) mass is 266 g/mol. The fourth-order valence-electron chi connectivity index (χ4n) is 6.47. The molecule has 3 fully saturated rings. The molecule has 5 atom stereocenters. The molecule has 2 nitrogen and oxygen atoms in total. The Morgan fingerprint density at radius 3 is 2.05 bits per heavy atom. The van der Waals surface area contributed by atoms with Gasteiger partial charge in [-0.3, -0.25) is 0 Å². The molecule has 3 aliphatic rings. The molecular formula is C17H30O2. The molecule has 0 radical (unpaired) electrons. The first-order valence-corrected chi connectivity index (χ1v) is 7.88. The van der Waals surface area contributed by atoms with Crippen LogP contribution >= 0.6 is 0 Å². The number of methoxy groups -OCH3 is 2. The molecule has 3 rings (SSSR count). The smallest absolute Gasteiger partial charge is 0.0794 e. The van der Waals surface area contributed by atoms with Crippen LogP contribution in [0.2, 0.25) is 0 Å². The summed E-state index contributed by atoms with van der Waals surface area (Å²) in [6, 6.07) is 0. The van der Waals surface area contributed by atoms with E-state index in [1.807, 2.05) is 14.2 Å². The van der Waals surface area contributed by atoms with Crippen molar-refractivity contribution in [1.29, 1.82) is 0 Å². The van der Waals surface area contributed by atoms with Crippen LogP contribution in [-0.2, 0) is 9.47 Å². The maximum absolute atomic E-state index is 6.18. The van der Waals surface area contributed by atoms with E-state index in [4.69, 9.17) is 9.47 Å². The minimum atomic E-state index is 0.00873. The highest BCUT2D eigenvalue weighted by atomic mass is 16.5. The van der Waals surface area contributed by atoms with Crippen molar-refractivity contribution >= 4 is 0 Å². The Bertz CT molecular complexity index is 391. The second-order valence-electron chi connectivity index (χ2n) is 8.33. The van der Waals surface area contributed by atoms with Gasteiger partial charge in [-0.15, -0.1) is 0 Å². The van der Waals surface area contributed by atoms with Crippen molar-refractivity contribution in [3.63, 3.8) is 0 Å². The topological polar surface area (TPSA) is 18.5 Å². The van der Waals surface area contributed by atoms with Gasteiger partial charge >= 0.3 is 0 Å². The van der Waals surface area contributed by atoms with Crippen molar-refractivity contribution in [2.75, 3.05) is 14.2 Å². The number of fused-ring (bicyclic) bond motifs is 4. The predicted octanol–water partition coefficient (Wildman–Crippen LogP) is 4.03. The minimum absolute atomic E-state index is 0.00873. The van der Waals surface area contributed by atoms with Crippen LogP contribution in [0.1, 0.15) is 59.8 Å². The van der Waals surface area contributed by atoms with E-state index in [0.717, 1.165) is 12.3 Å². The van der Waals surface area contributed by atoms with Crippen LogP contribution in [0.5, 0.6) is 0 Å². The molecule has 0 bridgehead atoms. The number of ether oxygens (including phenoxy) is 2. The fourth-order valence-corrected chi connectivity index (χ4v) is 6.47. The van der Waals surface area contributed by atoms with E-state index in [9.17, 15) is 0 Å². The molecule has 0 aliphatic heterocycles. The zero-order valence-corrected chi connectivity index (χ0v) is 13.5. The zero-order chi connectivity index (χ0) is 14.1. The highest BCUT2D eigenvalue weighted by Gasteiger charge is 2.79. The first-order valence-electron chi connectivity index (χ1n) is 7.88. The molecule has 0 N–H and O–H groups in total. The van der Waals surface area contributed by atoms with E-state index in [1.165, 1.54) is 25.7 Å². The summed E-state index contributed by atoms with van der Waals surface area (Å²) in [5.41, 5.74) is 0.850. The van der Waals surface area contributed by atoms with Crippen molar-refractivity contribution < 1.29 is 9.47 Å². The average Bonchev–Trinajstić information content (AvgIpc) is 2.60. The van der Waals surface area contributed by atoms with Crippen molar-refractivity contribution in [2.45, 2.75) is 71.0 Å². The van der Waals surface area contributed by atoms with E-state index in [0.29, 0.717) is 16.7 Å². The second-order valence-corrected chi connectivity index (χ2v) is 8.33. The third-order valence-corrected chi connectivity index (χ3v) is 7.33. The lowest BCUT2D eigenvalue weighted by molar-refractivity contribution is -0.325.